The maximum absolute atomic E-state index is 12.3. The van der Waals surface area contributed by atoms with Gasteiger partial charge in [0.2, 0.25) is 0 Å². The number of carbonyl (C=O) groups is 1. The predicted molar refractivity (Wildman–Crippen MR) is 96.8 cm³/mol. The van der Waals surface area contributed by atoms with Gasteiger partial charge in [-0.3, -0.25) is 9.59 Å². The third kappa shape index (κ3) is 4.00. The van der Waals surface area contributed by atoms with E-state index in [1.165, 1.54) is 22.5 Å². The summed E-state index contributed by atoms with van der Waals surface area (Å²) in [5.74, 6) is 0.423. The molecule has 1 N–H and O–H groups in total. The second-order valence-electron chi connectivity index (χ2n) is 5.21. The van der Waals surface area contributed by atoms with Crippen molar-refractivity contribution in [1.82, 2.24) is 15.1 Å². The fraction of sp³-hybridized carbons (Fsp3) is 0.167. The summed E-state index contributed by atoms with van der Waals surface area (Å²) < 4.78 is 6.61. The zero-order valence-corrected chi connectivity index (χ0v) is 14.5. The number of furan rings is 1. The molecule has 0 aliphatic heterocycles. The van der Waals surface area contributed by atoms with Crippen LogP contribution < -0.4 is 10.9 Å². The fourth-order valence-corrected chi connectivity index (χ4v) is 2.96. The van der Waals surface area contributed by atoms with E-state index in [0.717, 1.165) is 4.90 Å². The van der Waals surface area contributed by atoms with Crippen LogP contribution in [0, 0.1) is 0 Å². The Morgan fingerprint density at radius 1 is 1.20 bits per heavy atom. The first-order chi connectivity index (χ1) is 12.2. The molecule has 3 aromatic rings. The summed E-state index contributed by atoms with van der Waals surface area (Å²) in [5.41, 5.74) is 0.970. The van der Waals surface area contributed by atoms with Gasteiger partial charge in [0.1, 0.15) is 5.69 Å². The zero-order chi connectivity index (χ0) is 17.6. The Labute approximate surface area is 148 Å². The molecule has 6 nitrogen and oxygen atoms in total. The maximum atomic E-state index is 12.3. The van der Waals surface area contributed by atoms with Crippen LogP contribution >= 0.6 is 11.8 Å². The molecule has 0 bridgehead atoms. The summed E-state index contributed by atoms with van der Waals surface area (Å²) in [7, 11) is 0. The Hall–Kier alpha value is -2.80. The molecule has 0 aliphatic carbocycles. The van der Waals surface area contributed by atoms with Gasteiger partial charge in [0.25, 0.3) is 11.5 Å². The van der Waals surface area contributed by atoms with Gasteiger partial charge in [-0.1, -0.05) is 12.1 Å². The van der Waals surface area contributed by atoms with Crippen molar-refractivity contribution < 1.29 is 9.21 Å². The van der Waals surface area contributed by atoms with Gasteiger partial charge in [-0.05, 0) is 36.6 Å². The molecular formula is C18H17N3O3S. The summed E-state index contributed by atoms with van der Waals surface area (Å²) in [5, 5.41) is 7.10. The van der Waals surface area contributed by atoms with Crippen LogP contribution in [0.5, 0.6) is 0 Å². The SMILES string of the molecule is CSc1ccccc1C(=O)NCCn1nc(-c2ccco2)ccc1=O. The first-order valence-corrected chi connectivity index (χ1v) is 8.95. The monoisotopic (exact) mass is 355 g/mol. The largest absolute Gasteiger partial charge is 0.463 e. The number of benzene rings is 1. The molecule has 1 aromatic carbocycles. The van der Waals surface area contributed by atoms with E-state index < -0.39 is 0 Å². The van der Waals surface area contributed by atoms with E-state index in [1.807, 2.05) is 24.5 Å². The summed E-state index contributed by atoms with van der Waals surface area (Å²) in [6, 6.07) is 14.0. The van der Waals surface area contributed by atoms with Gasteiger partial charge in [-0.2, -0.15) is 5.10 Å². The minimum absolute atomic E-state index is 0.166. The Bertz CT molecular complexity index is 919. The van der Waals surface area contributed by atoms with Crippen LogP contribution in [0.25, 0.3) is 11.5 Å². The molecule has 0 aliphatic rings. The normalized spacial score (nSPS) is 10.6. The molecule has 2 heterocycles. The highest BCUT2D eigenvalue weighted by molar-refractivity contribution is 7.98. The Balaban J connectivity index is 1.67. The van der Waals surface area contributed by atoms with Crippen LogP contribution in [0.15, 0.2) is 68.9 Å². The molecule has 0 radical (unpaired) electrons. The fourth-order valence-electron chi connectivity index (χ4n) is 2.37. The van der Waals surface area contributed by atoms with Crippen molar-refractivity contribution in [2.24, 2.45) is 0 Å². The summed E-state index contributed by atoms with van der Waals surface area (Å²) in [6.07, 6.45) is 3.48. The number of nitrogens with zero attached hydrogens (tertiary/aromatic N) is 2. The van der Waals surface area contributed by atoms with Crippen LogP contribution in [0.3, 0.4) is 0 Å². The molecule has 0 saturated heterocycles. The van der Waals surface area contributed by atoms with Crippen molar-refractivity contribution in [1.29, 1.82) is 0 Å². The van der Waals surface area contributed by atoms with Crippen molar-refractivity contribution in [2.75, 3.05) is 12.8 Å². The molecule has 128 valence electrons. The van der Waals surface area contributed by atoms with Crippen LogP contribution in [0.4, 0.5) is 0 Å². The number of hydrogen-bond acceptors (Lipinski definition) is 5. The van der Waals surface area contributed by atoms with Crippen LogP contribution in [-0.4, -0.2) is 28.5 Å². The van der Waals surface area contributed by atoms with Crippen molar-refractivity contribution in [3.05, 3.63) is 70.7 Å². The van der Waals surface area contributed by atoms with E-state index in [2.05, 4.69) is 10.4 Å². The number of thioether (sulfide) groups is 1. The number of nitrogens with one attached hydrogen (secondary N) is 1. The summed E-state index contributed by atoms with van der Waals surface area (Å²) >= 11 is 1.52. The topological polar surface area (TPSA) is 77.1 Å². The number of aromatic nitrogens is 2. The first-order valence-electron chi connectivity index (χ1n) is 7.72. The van der Waals surface area contributed by atoms with E-state index in [9.17, 15) is 9.59 Å². The first kappa shape index (κ1) is 17.0. The van der Waals surface area contributed by atoms with Gasteiger partial charge < -0.3 is 9.73 Å². The molecule has 0 fully saturated rings. The molecule has 0 saturated carbocycles. The van der Waals surface area contributed by atoms with E-state index in [-0.39, 0.29) is 18.0 Å². The highest BCUT2D eigenvalue weighted by Crippen LogP contribution is 2.19. The second-order valence-corrected chi connectivity index (χ2v) is 6.06. The molecular weight excluding hydrogens is 338 g/mol. The average Bonchev–Trinajstić information content (AvgIpc) is 3.17. The minimum atomic E-state index is -0.228. The van der Waals surface area contributed by atoms with Gasteiger partial charge in [0, 0.05) is 17.5 Å². The lowest BCUT2D eigenvalue weighted by Crippen LogP contribution is -2.32. The molecule has 0 atom stereocenters. The second kappa shape index (κ2) is 7.85. The molecule has 2 aromatic heterocycles. The van der Waals surface area contributed by atoms with E-state index in [1.54, 1.807) is 30.5 Å². The third-order valence-electron chi connectivity index (χ3n) is 3.60. The Morgan fingerprint density at radius 2 is 2.04 bits per heavy atom. The number of hydrogen-bond donors (Lipinski definition) is 1. The van der Waals surface area contributed by atoms with Gasteiger partial charge >= 0.3 is 0 Å². The van der Waals surface area contributed by atoms with Gasteiger partial charge in [-0.15, -0.1) is 11.8 Å². The summed E-state index contributed by atoms with van der Waals surface area (Å²) in [4.78, 5) is 25.2. The molecule has 7 heteroatoms. The standard InChI is InChI=1S/C18H17N3O3S/c1-25-16-7-3-2-5-13(16)18(23)19-10-11-21-17(22)9-8-14(20-21)15-6-4-12-24-15/h2-9,12H,10-11H2,1H3,(H,19,23). The van der Waals surface area contributed by atoms with Crippen LogP contribution in [0.1, 0.15) is 10.4 Å². The lowest BCUT2D eigenvalue weighted by Gasteiger charge is -2.09. The Morgan fingerprint density at radius 3 is 2.80 bits per heavy atom. The Kier molecular flexibility index (Phi) is 5.35. The van der Waals surface area contributed by atoms with Crippen molar-refractivity contribution in [3.8, 4) is 11.5 Å². The van der Waals surface area contributed by atoms with Crippen LogP contribution in [-0.2, 0) is 6.54 Å². The highest BCUT2D eigenvalue weighted by Gasteiger charge is 2.10. The van der Waals surface area contributed by atoms with Crippen molar-refractivity contribution >= 4 is 17.7 Å². The van der Waals surface area contributed by atoms with Gasteiger partial charge in [0.05, 0.1) is 18.4 Å². The quantitative estimate of drug-likeness (QED) is 0.688. The number of amides is 1. The number of carbonyl (C=O) groups excluding carboxylic acids is 1. The lowest BCUT2D eigenvalue weighted by atomic mass is 10.2. The zero-order valence-electron chi connectivity index (χ0n) is 13.6. The van der Waals surface area contributed by atoms with E-state index in [0.29, 0.717) is 23.6 Å². The van der Waals surface area contributed by atoms with Crippen LogP contribution in [0.2, 0.25) is 0 Å². The van der Waals surface area contributed by atoms with E-state index >= 15 is 0 Å². The van der Waals surface area contributed by atoms with Gasteiger partial charge in [-0.25, -0.2) is 4.68 Å². The minimum Gasteiger partial charge on any atom is -0.463 e. The molecule has 0 unspecified atom stereocenters. The molecule has 1 amide bonds. The van der Waals surface area contributed by atoms with Crippen molar-refractivity contribution in [3.63, 3.8) is 0 Å². The molecule has 3 rings (SSSR count). The predicted octanol–water partition coefficient (Wildman–Crippen LogP) is 2.66. The third-order valence-corrected chi connectivity index (χ3v) is 4.40. The summed E-state index contributed by atoms with van der Waals surface area (Å²) in [6.45, 7) is 0.580. The lowest BCUT2D eigenvalue weighted by molar-refractivity contribution is 0.0949. The smallest absolute Gasteiger partial charge is 0.266 e. The van der Waals surface area contributed by atoms with E-state index in [4.69, 9.17) is 4.42 Å². The highest BCUT2D eigenvalue weighted by atomic mass is 32.2. The molecule has 0 spiro atoms. The average molecular weight is 355 g/mol. The molecule has 25 heavy (non-hydrogen) atoms. The van der Waals surface area contributed by atoms with Crippen molar-refractivity contribution in [2.45, 2.75) is 11.4 Å². The number of rotatable bonds is 6. The maximum Gasteiger partial charge on any atom is 0.266 e. The van der Waals surface area contributed by atoms with Gasteiger partial charge in [0.15, 0.2) is 5.76 Å².